The van der Waals surface area contributed by atoms with Crippen molar-refractivity contribution in [1.82, 2.24) is 9.71 Å². The van der Waals surface area contributed by atoms with Crippen molar-refractivity contribution in [2.75, 3.05) is 0 Å². The predicted octanol–water partition coefficient (Wildman–Crippen LogP) is 5.02. The maximum absolute atomic E-state index is 13.7. The predicted molar refractivity (Wildman–Crippen MR) is 102 cm³/mol. The molecule has 0 aliphatic carbocycles. The third kappa shape index (κ3) is 4.28. The Morgan fingerprint density at radius 1 is 1.11 bits per heavy atom. The van der Waals surface area contributed by atoms with Gasteiger partial charge in [-0.1, -0.05) is 17.7 Å². The Hall–Kier alpha value is -2.19. The zero-order valence-corrected chi connectivity index (χ0v) is 16.4. The van der Waals surface area contributed by atoms with Crippen molar-refractivity contribution in [2.45, 2.75) is 44.3 Å². The standard InChI is InChI=1S/C20H20F4N2OS/c1-11-6-12(2)19(13(3)7-11)28(27)26-18(20(22,23)24)8-14-10-25-17-9-15(21)4-5-16(14)17/h4-7,9-10,18,25-26H,8H2,1-3H3. The average Bonchev–Trinajstić information content (AvgIpc) is 2.94. The molecule has 0 amide bonds. The lowest BCUT2D eigenvalue weighted by atomic mass is 10.1. The molecule has 2 atom stereocenters. The Morgan fingerprint density at radius 2 is 1.75 bits per heavy atom. The Balaban J connectivity index is 1.90. The average molecular weight is 412 g/mol. The molecule has 28 heavy (non-hydrogen) atoms. The monoisotopic (exact) mass is 412 g/mol. The highest BCUT2D eigenvalue weighted by Gasteiger charge is 2.41. The van der Waals surface area contributed by atoms with E-state index in [1.165, 1.54) is 24.4 Å². The zero-order chi connectivity index (χ0) is 20.6. The molecule has 3 aromatic rings. The fourth-order valence-electron chi connectivity index (χ4n) is 3.42. The molecule has 2 N–H and O–H groups in total. The largest absolute Gasteiger partial charge is 0.405 e. The van der Waals surface area contributed by atoms with Crippen LogP contribution in [0.5, 0.6) is 0 Å². The van der Waals surface area contributed by atoms with E-state index in [0.717, 1.165) is 5.56 Å². The summed E-state index contributed by atoms with van der Waals surface area (Å²) in [5.74, 6) is -0.474. The molecular formula is C20H20F4N2OS. The third-order valence-corrected chi connectivity index (χ3v) is 6.10. The van der Waals surface area contributed by atoms with Gasteiger partial charge in [-0.05, 0) is 62.1 Å². The topological polar surface area (TPSA) is 44.9 Å². The molecule has 0 spiro atoms. The van der Waals surface area contributed by atoms with Gasteiger partial charge in [0.25, 0.3) is 0 Å². The number of fused-ring (bicyclic) bond motifs is 1. The van der Waals surface area contributed by atoms with Crippen LogP contribution in [0.4, 0.5) is 17.6 Å². The number of benzene rings is 2. The van der Waals surface area contributed by atoms with Gasteiger partial charge in [0.05, 0.1) is 4.90 Å². The van der Waals surface area contributed by atoms with Crippen LogP contribution in [0.15, 0.2) is 41.4 Å². The number of alkyl halides is 3. The summed E-state index contributed by atoms with van der Waals surface area (Å²) in [6.45, 7) is 5.33. The van der Waals surface area contributed by atoms with E-state index in [0.29, 0.717) is 32.5 Å². The molecule has 0 fully saturated rings. The number of halogens is 4. The molecule has 1 heterocycles. The maximum Gasteiger partial charge on any atom is 0.405 e. The van der Waals surface area contributed by atoms with Crippen LogP contribution in [-0.4, -0.2) is 21.4 Å². The number of aromatic nitrogens is 1. The molecule has 0 bridgehead atoms. The molecular weight excluding hydrogens is 392 g/mol. The van der Waals surface area contributed by atoms with Crippen LogP contribution >= 0.6 is 0 Å². The quantitative estimate of drug-likeness (QED) is 0.568. The summed E-state index contributed by atoms with van der Waals surface area (Å²) in [6, 6.07) is 5.43. The fourth-order valence-corrected chi connectivity index (χ4v) is 4.71. The van der Waals surface area contributed by atoms with Gasteiger partial charge in [-0.15, -0.1) is 0 Å². The lowest BCUT2D eigenvalue weighted by Crippen LogP contribution is -2.44. The number of hydrogen-bond acceptors (Lipinski definition) is 1. The van der Waals surface area contributed by atoms with Gasteiger partial charge in [-0.25, -0.2) is 13.3 Å². The SMILES string of the molecule is Cc1cc(C)c(S(=O)NC(Cc2c[nH]c3cc(F)ccc23)C(F)(F)F)c(C)c1. The Kier molecular flexibility index (Phi) is 5.63. The summed E-state index contributed by atoms with van der Waals surface area (Å²) < 4.78 is 69.2. The fraction of sp³-hybridized carbons (Fsp3) is 0.300. The lowest BCUT2D eigenvalue weighted by molar-refractivity contribution is -0.150. The number of hydrogen-bond donors (Lipinski definition) is 2. The van der Waals surface area contributed by atoms with Crippen molar-refractivity contribution in [2.24, 2.45) is 0 Å². The van der Waals surface area contributed by atoms with Crippen LogP contribution in [0.1, 0.15) is 22.3 Å². The van der Waals surface area contributed by atoms with Crippen molar-refractivity contribution in [3.05, 3.63) is 64.6 Å². The molecule has 3 rings (SSSR count). The lowest BCUT2D eigenvalue weighted by Gasteiger charge is -2.22. The number of rotatable bonds is 5. The second kappa shape index (κ2) is 7.67. The minimum absolute atomic E-state index is 0.362. The highest BCUT2D eigenvalue weighted by molar-refractivity contribution is 7.83. The first-order valence-electron chi connectivity index (χ1n) is 8.64. The summed E-state index contributed by atoms with van der Waals surface area (Å²) in [5, 5.41) is 0.505. The summed E-state index contributed by atoms with van der Waals surface area (Å²) in [7, 11) is -2.03. The first-order valence-corrected chi connectivity index (χ1v) is 9.79. The van der Waals surface area contributed by atoms with Gasteiger partial charge in [-0.3, -0.25) is 0 Å². The molecule has 0 aliphatic rings. The van der Waals surface area contributed by atoms with Crippen LogP contribution in [-0.2, 0) is 17.4 Å². The second-order valence-electron chi connectivity index (χ2n) is 6.92. The van der Waals surface area contributed by atoms with E-state index < -0.39 is 35.4 Å². The Morgan fingerprint density at radius 3 is 2.36 bits per heavy atom. The van der Waals surface area contributed by atoms with Crippen LogP contribution in [0, 0.1) is 26.6 Å². The van der Waals surface area contributed by atoms with Gasteiger partial charge in [0, 0.05) is 17.1 Å². The normalized spacial score (nSPS) is 14.4. The minimum Gasteiger partial charge on any atom is -0.361 e. The number of aryl methyl sites for hydroxylation is 3. The molecule has 3 nitrogen and oxygen atoms in total. The van der Waals surface area contributed by atoms with E-state index in [2.05, 4.69) is 9.71 Å². The molecule has 0 aliphatic heterocycles. The van der Waals surface area contributed by atoms with Crippen LogP contribution in [0.25, 0.3) is 10.9 Å². The molecule has 0 radical (unpaired) electrons. The molecule has 2 aromatic carbocycles. The smallest absolute Gasteiger partial charge is 0.361 e. The molecule has 0 saturated carbocycles. The van der Waals surface area contributed by atoms with Crippen molar-refractivity contribution < 1.29 is 21.8 Å². The van der Waals surface area contributed by atoms with Crippen molar-refractivity contribution in [3.63, 3.8) is 0 Å². The Labute approximate surface area is 162 Å². The van der Waals surface area contributed by atoms with Crippen LogP contribution in [0.3, 0.4) is 0 Å². The Bertz CT molecular complexity index is 1020. The number of aromatic amines is 1. The van der Waals surface area contributed by atoms with Crippen molar-refractivity contribution >= 4 is 21.9 Å². The minimum atomic E-state index is -4.61. The molecule has 8 heteroatoms. The van der Waals surface area contributed by atoms with E-state index in [1.807, 2.05) is 6.92 Å². The number of H-pyrrole nitrogens is 1. The van der Waals surface area contributed by atoms with Crippen molar-refractivity contribution in [3.8, 4) is 0 Å². The summed E-state index contributed by atoms with van der Waals surface area (Å²) in [5.41, 5.74) is 3.09. The van der Waals surface area contributed by atoms with Crippen LogP contribution in [0.2, 0.25) is 0 Å². The second-order valence-corrected chi connectivity index (χ2v) is 8.10. The van der Waals surface area contributed by atoms with Gasteiger partial charge in [-0.2, -0.15) is 13.2 Å². The molecule has 2 unspecified atom stereocenters. The van der Waals surface area contributed by atoms with Gasteiger partial charge in [0.2, 0.25) is 0 Å². The highest BCUT2D eigenvalue weighted by Crippen LogP contribution is 2.28. The maximum atomic E-state index is 13.7. The first-order chi connectivity index (χ1) is 13.1. The van der Waals surface area contributed by atoms with E-state index in [1.54, 1.807) is 26.0 Å². The van der Waals surface area contributed by atoms with E-state index in [-0.39, 0.29) is 0 Å². The van der Waals surface area contributed by atoms with Gasteiger partial charge in [0.1, 0.15) is 22.8 Å². The van der Waals surface area contributed by atoms with E-state index in [4.69, 9.17) is 0 Å². The molecule has 1 aromatic heterocycles. The highest BCUT2D eigenvalue weighted by atomic mass is 32.2. The van der Waals surface area contributed by atoms with Gasteiger partial charge in [0.15, 0.2) is 0 Å². The van der Waals surface area contributed by atoms with E-state index in [9.17, 15) is 21.8 Å². The molecule has 0 saturated heterocycles. The number of nitrogens with one attached hydrogen (secondary N) is 2. The van der Waals surface area contributed by atoms with Gasteiger partial charge >= 0.3 is 6.18 Å². The van der Waals surface area contributed by atoms with Gasteiger partial charge < -0.3 is 4.98 Å². The molecule has 150 valence electrons. The summed E-state index contributed by atoms with van der Waals surface area (Å²) >= 11 is 0. The van der Waals surface area contributed by atoms with Crippen LogP contribution < -0.4 is 4.72 Å². The first kappa shape index (κ1) is 20.5. The summed E-state index contributed by atoms with van der Waals surface area (Å²) in [4.78, 5) is 3.15. The zero-order valence-electron chi connectivity index (χ0n) is 15.6. The van der Waals surface area contributed by atoms with E-state index >= 15 is 0 Å². The summed E-state index contributed by atoms with van der Waals surface area (Å²) in [6.07, 6.45) is -3.60. The third-order valence-electron chi connectivity index (χ3n) is 4.59. The van der Waals surface area contributed by atoms with Crippen molar-refractivity contribution in [1.29, 1.82) is 0 Å².